The van der Waals surface area contributed by atoms with Crippen molar-refractivity contribution in [1.29, 1.82) is 0 Å². The second-order valence-electron chi connectivity index (χ2n) is 8.38. The molecule has 31 heavy (non-hydrogen) atoms. The molecule has 2 atom stereocenters. The highest BCUT2D eigenvalue weighted by molar-refractivity contribution is 5.96. The fourth-order valence-corrected chi connectivity index (χ4v) is 4.37. The molecule has 1 N–H and O–H groups in total. The molecule has 0 amide bonds. The first-order valence-electron chi connectivity index (χ1n) is 10.7. The zero-order valence-electron chi connectivity index (χ0n) is 18.1. The van der Waals surface area contributed by atoms with Gasteiger partial charge in [0.1, 0.15) is 19.3 Å². The summed E-state index contributed by atoms with van der Waals surface area (Å²) in [6.07, 6.45) is 3.41. The molecule has 162 valence electrons. The lowest BCUT2D eigenvalue weighted by atomic mass is 10.0. The first-order chi connectivity index (χ1) is 15.0. The van der Waals surface area contributed by atoms with Crippen LogP contribution in [0.5, 0.6) is 0 Å². The number of carbonyl (C=O) groups is 1. The maximum atomic E-state index is 11.6. The standard InChI is InChI=1S/C24H29N5O2/c1-18-11-27(13-20-5-9-23(10-6-20)28-16-25-26-17-28)12-19(2)29(18)14-21-3-7-22(8-4-21)24(31)15-30/h3-10,16-19,30H,11-15H2,1-2H3/t18-,19+. The SMILES string of the molecule is C[C@@H]1CN(Cc2ccc(-n3cnnc3)cc2)C[C@H](C)N1Cc1ccc(C(=O)CO)cc1. The van der Waals surface area contributed by atoms with Crippen molar-refractivity contribution in [3.05, 3.63) is 77.9 Å². The topological polar surface area (TPSA) is 74.5 Å². The molecule has 2 heterocycles. The van der Waals surface area contributed by atoms with Crippen LogP contribution in [0.2, 0.25) is 0 Å². The normalized spacial score (nSPS) is 20.1. The summed E-state index contributed by atoms with van der Waals surface area (Å²) in [5.41, 5.74) is 4.11. The van der Waals surface area contributed by atoms with Gasteiger partial charge in [0.15, 0.2) is 5.78 Å². The van der Waals surface area contributed by atoms with Crippen LogP contribution >= 0.6 is 0 Å². The van der Waals surface area contributed by atoms with Crippen molar-refractivity contribution in [3.63, 3.8) is 0 Å². The molecule has 3 aromatic rings. The van der Waals surface area contributed by atoms with E-state index in [0.29, 0.717) is 17.6 Å². The molecule has 0 bridgehead atoms. The molecule has 0 saturated carbocycles. The van der Waals surface area contributed by atoms with Gasteiger partial charge >= 0.3 is 0 Å². The summed E-state index contributed by atoms with van der Waals surface area (Å²) in [5.74, 6) is -0.239. The van der Waals surface area contributed by atoms with Crippen molar-refractivity contribution in [2.75, 3.05) is 19.7 Å². The molecule has 4 rings (SSSR count). The third kappa shape index (κ3) is 5.07. The number of rotatable bonds is 7. The number of aromatic nitrogens is 3. The van der Waals surface area contributed by atoms with Gasteiger partial charge in [0.25, 0.3) is 0 Å². The quantitative estimate of drug-likeness (QED) is 0.594. The second kappa shape index (κ2) is 9.51. The smallest absolute Gasteiger partial charge is 0.188 e. The van der Waals surface area contributed by atoms with Crippen molar-refractivity contribution in [2.45, 2.75) is 39.0 Å². The van der Waals surface area contributed by atoms with Crippen LogP contribution in [0, 0.1) is 0 Å². The fourth-order valence-electron chi connectivity index (χ4n) is 4.37. The number of piperazine rings is 1. The zero-order chi connectivity index (χ0) is 21.8. The van der Waals surface area contributed by atoms with Gasteiger partial charge in [-0.05, 0) is 37.1 Å². The van der Waals surface area contributed by atoms with E-state index in [-0.39, 0.29) is 5.78 Å². The monoisotopic (exact) mass is 419 g/mol. The Hall–Kier alpha value is -2.87. The van der Waals surface area contributed by atoms with Gasteiger partial charge in [0, 0.05) is 49.5 Å². The van der Waals surface area contributed by atoms with Crippen molar-refractivity contribution in [1.82, 2.24) is 24.6 Å². The van der Waals surface area contributed by atoms with Gasteiger partial charge in [-0.3, -0.25) is 19.2 Å². The van der Waals surface area contributed by atoms with Crippen LogP contribution in [0.25, 0.3) is 5.69 Å². The second-order valence-corrected chi connectivity index (χ2v) is 8.38. The molecule has 0 aliphatic carbocycles. The maximum Gasteiger partial charge on any atom is 0.188 e. The van der Waals surface area contributed by atoms with E-state index in [2.05, 4.69) is 58.1 Å². The van der Waals surface area contributed by atoms with E-state index < -0.39 is 6.61 Å². The molecule has 1 aliphatic heterocycles. The number of hydrogen-bond donors (Lipinski definition) is 1. The third-order valence-corrected chi connectivity index (χ3v) is 6.02. The molecule has 7 nitrogen and oxygen atoms in total. The highest BCUT2D eigenvalue weighted by Crippen LogP contribution is 2.21. The maximum absolute atomic E-state index is 11.6. The molecule has 7 heteroatoms. The number of ketones is 1. The summed E-state index contributed by atoms with van der Waals surface area (Å²) in [5, 5.41) is 16.7. The summed E-state index contributed by atoms with van der Waals surface area (Å²) in [6, 6.07) is 17.0. The van der Waals surface area contributed by atoms with Crippen molar-refractivity contribution < 1.29 is 9.90 Å². The Balaban J connectivity index is 1.35. The van der Waals surface area contributed by atoms with Crippen molar-refractivity contribution in [2.24, 2.45) is 0 Å². The Labute approximate surface area is 182 Å². The van der Waals surface area contributed by atoms with Gasteiger partial charge < -0.3 is 5.11 Å². The summed E-state index contributed by atoms with van der Waals surface area (Å²) < 4.78 is 1.90. The van der Waals surface area contributed by atoms with Gasteiger partial charge in [-0.2, -0.15) is 0 Å². The lowest BCUT2D eigenvalue weighted by Crippen LogP contribution is -2.55. The number of Topliss-reactive ketones (excluding diaryl/α,β-unsaturated/α-hetero) is 1. The number of hydrogen-bond acceptors (Lipinski definition) is 6. The molecular weight excluding hydrogens is 390 g/mol. The average Bonchev–Trinajstić information content (AvgIpc) is 3.32. The fraction of sp³-hybridized carbons (Fsp3) is 0.375. The van der Waals surface area contributed by atoms with Crippen LogP contribution in [0.15, 0.2) is 61.2 Å². The van der Waals surface area contributed by atoms with Gasteiger partial charge in [-0.15, -0.1) is 10.2 Å². The molecule has 0 spiro atoms. The number of nitrogens with zero attached hydrogens (tertiary/aromatic N) is 5. The predicted molar refractivity (Wildman–Crippen MR) is 119 cm³/mol. The summed E-state index contributed by atoms with van der Waals surface area (Å²) in [7, 11) is 0. The van der Waals surface area contributed by atoms with E-state index in [1.807, 2.05) is 28.8 Å². The Morgan fingerprint density at radius 2 is 1.45 bits per heavy atom. The first kappa shape index (κ1) is 21.4. The minimum Gasteiger partial charge on any atom is -0.388 e. The zero-order valence-corrected chi connectivity index (χ0v) is 18.1. The largest absolute Gasteiger partial charge is 0.388 e. The van der Waals surface area contributed by atoms with Crippen LogP contribution in [0.1, 0.15) is 35.3 Å². The van der Waals surface area contributed by atoms with Crippen LogP contribution in [-0.2, 0) is 13.1 Å². The number of aliphatic hydroxyl groups excluding tert-OH is 1. The van der Waals surface area contributed by atoms with E-state index in [9.17, 15) is 4.79 Å². The van der Waals surface area contributed by atoms with Crippen molar-refractivity contribution in [3.8, 4) is 5.69 Å². The Bertz CT molecular complexity index is 974. The lowest BCUT2D eigenvalue weighted by molar-refractivity contribution is 0.0290. The van der Waals surface area contributed by atoms with E-state index >= 15 is 0 Å². The van der Waals surface area contributed by atoms with Crippen molar-refractivity contribution >= 4 is 5.78 Å². The van der Waals surface area contributed by atoms with Gasteiger partial charge in [0.05, 0.1) is 0 Å². The number of aliphatic hydroxyl groups is 1. The molecule has 2 aromatic carbocycles. The van der Waals surface area contributed by atoms with Gasteiger partial charge in [0.2, 0.25) is 0 Å². The average molecular weight is 420 g/mol. The Kier molecular flexibility index (Phi) is 6.56. The molecule has 1 fully saturated rings. The molecule has 0 unspecified atom stereocenters. The van der Waals surface area contributed by atoms with Crippen LogP contribution in [-0.4, -0.2) is 67.2 Å². The lowest BCUT2D eigenvalue weighted by Gasteiger charge is -2.44. The third-order valence-electron chi connectivity index (χ3n) is 6.02. The van der Waals surface area contributed by atoms with Gasteiger partial charge in [-0.1, -0.05) is 36.4 Å². The van der Waals surface area contributed by atoms with Crippen LogP contribution < -0.4 is 0 Å². The summed E-state index contributed by atoms with van der Waals surface area (Å²) in [4.78, 5) is 16.6. The van der Waals surface area contributed by atoms with E-state index in [1.54, 1.807) is 12.7 Å². The highest BCUT2D eigenvalue weighted by Gasteiger charge is 2.29. The number of benzene rings is 2. The van der Waals surface area contributed by atoms with E-state index in [1.165, 1.54) is 11.1 Å². The molecule has 1 aromatic heterocycles. The highest BCUT2D eigenvalue weighted by atomic mass is 16.3. The Morgan fingerprint density at radius 1 is 0.903 bits per heavy atom. The molecule has 0 radical (unpaired) electrons. The molecular formula is C24H29N5O2. The first-order valence-corrected chi connectivity index (χ1v) is 10.7. The Morgan fingerprint density at radius 3 is 2.03 bits per heavy atom. The predicted octanol–water partition coefficient (Wildman–Crippen LogP) is 2.54. The molecule has 1 aliphatic rings. The summed E-state index contributed by atoms with van der Waals surface area (Å²) in [6.45, 7) is 7.93. The van der Waals surface area contributed by atoms with E-state index in [4.69, 9.17) is 5.11 Å². The van der Waals surface area contributed by atoms with Crippen LogP contribution in [0.3, 0.4) is 0 Å². The number of carbonyl (C=O) groups excluding carboxylic acids is 1. The minimum atomic E-state index is -0.446. The summed E-state index contributed by atoms with van der Waals surface area (Å²) >= 11 is 0. The molecule has 1 saturated heterocycles. The minimum absolute atomic E-state index is 0.239. The van der Waals surface area contributed by atoms with E-state index in [0.717, 1.165) is 31.9 Å². The van der Waals surface area contributed by atoms with Crippen LogP contribution in [0.4, 0.5) is 0 Å². The van der Waals surface area contributed by atoms with Gasteiger partial charge in [-0.25, -0.2) is 0 Å².